The Morgan fingerprint density at radius 3 is 1.73 bits per heavy atom. The summed E-state index contributed by atoms with van der Waals surface area (Å²) >= 11 is 0.222. The summed E-state index contributed by atoms with van der Waals surface area (Å²) in [6.07, 6.45) is 1.04. The molecule has 0 saturated heterocycles. The summed E-state index contributed by atoms with van der Waals surface area (Å²) in [5, 5.41) is 16.8. The summed E-state index contributed by atoms with van der Waals surface area (Å²) in [5.74, 6) is 0. The summed E-state index contributed by atoms with van der Waals surface area (Å²) in [7, 11) is 0. The molecule has 0 rings (SSSR count). The molecule has 0 aromatic heterocycles. The predicted molar refractivity (Wildman–Crippen MR) is 46.2 cm³/mol. The van der Waals surface area contributed by atoms with Gasteiger partial charge < -0.3 is 0 Å². The van der Waals surface area contributed by atoms with Crippen LogP contribution in [0.15, 0.2) is 0 Å². The van der Waals surface area contributed by atoms with Crippen LogP contribution in [0, 0.1) is 20.5 Å². The van der Waals surface area contributed by atoms with E-state index in [1.54, 1.807) is 0 Å². The number of nitrogens with zero attached hydrogens (tertiary/aromatic N) is 2. The SMILES string of the molecule is C[C@H](C[C@H](C)[Se]C#N)[Se]C#N. The van der Waals surface area contributed by atoms with Crippen molar-refractivity contribution in [2.45, 2.75) is 29.9 Å². The van der Waals surface area contributed by atoms with Crippen molar-refractivity contribution >= 4 is 29.9 Å². The van der Waals surface area contributed by atoms with Crippen LogP contribution in [0.2, 0.25) is 9.63 Å². The zero-order valence-electron chi connectivity index (χ0n) is 6.57. The van der Waals surface area contributed by atoms with Gasteiger partial charge in [0, 0.05) is 0 Å². The van der Waals surface area contributed by atoms with Gasteiger partial charge in [0.25, 0.3) is 0 Å². The molecule has 2 nitrogen and oxygen atoms in total. The zero-order valence-corrected chi connectivity index (χ0v) is 10.00. The molecule has 0 unspecified atom stereocenters. The molecule has 2 atom stereocenters. The molecular weight excluding hydrogens is 270 g/mol. The molecule has 0 N–H and O–H groups in total. The van der Waals surface area contributed by atoms with Crippen LogP contribution in [-0.4, -0.2) is 29.9 Å². The normalized spacial score (nSPS) is 14.5. The quantitative estimate of drug-likeness (QED) is 0.730. The molecule has 60 valence electrons. The Morgan fingerprint density at radius 1 is 1.09 bits per heavy atom. The molecule has 0 aromatic rings. The van der Waals surface area contributed by atoms with E-state index >= 15 is 0 Å². The van der Waals surface area contributed by atoms with Gasteiger partial charge in [-0.15, -0.1) is 0 Å². The van der Waals surface area contributed by atoms with Crippen molar-refractivity contribution in [2.75, 3.05) is 0 Å². The Morgan fingerprint density at radius 2 is 1.45 bits per heavy atom. The molecule has 4 heteroatoms. The maximum absolute atomic E-state index is 8.40. The fraction of sp³-hybridized carbons (Fsp3) is 0.714. The van der Waals surface area contributed by atoms with E-state index in [1.165, 1.54) is 0 Å². The van der Waals surface area contributed by atoms with Crippen LogP contribution >= 0.6 is 0 Å². The topological polar surface area (TPSA) is 47.6 Å². The van der Waals surface area contributed by atoms with Gasteiger partial charge in [-0.2, -0.15) is 0 Å². The van der Waals surface area contributed by atoms with Gasteiger partial charge >= 0.3 is 80.3 Å². The molecule has 0 aliphatic carbocycles. The monoisotopic (exact) mass is 282 g/mol. The van der Waals surface area contributed by atoms with E-state index in [0.29, 0.717) is 9.63 Å². The van der Waals surface area contributed by atoms with Gasteiger partial charge in [0.1, 0.15) is 0 Å². The van der Waals surface area contributed by atoms with Crippen LogP contribution < -0.4 is 0 Å². The second-order valence-electron chi connectivity index (χ2n) is 2.28. The van der Waals surface area contributed by atoms with Crippen LogP contribution in [0.3, 0.4) is 0 Å². The second-order valence-corrected chi connectivity index (χ2v) is 7.41. The van der Waals surface area contributed by atoms with Gasteiger partial charge in [0.2, 0.25) is 0 Å². The molecule has 0 saturated carbocycles. The summed E-state index contributed by atoms with van der Waals surface area (Å²) in [5.41, 5.74) is 0. The van der Waals surface area contributed by atoms with Crippen molar-refractivity contribution in [3.63, 3.8) is 0 Å². The Hall–Kier alpha value is 0.0190. The van der Waals surface area contributed by atoms with Crippen molar-refractivity contribution in [1.82, 2.24) is 0 Å². The van der Waals surface area contributed by atoms with Crippen LogP contribution in [0.5, 0.6) is 0 Å². The second kappa shape index (κ2) is 6.71. The molecule has 0 aliphatic rings. The molecule has 0 aromatic carbocycles. The van der Waals surface area contributed by atoms with Crippen molar-refractivity contribution in [3.8, 4) is 9.94 Å². The predicted octanol–water partition coefficient (Wildman–Crippen LogP) is 1.36. The number of rotatable bonds is 4. The molecule has 11 heavy (non-hydrogen) atoms. The third-order valence-electron chi connectivity index (χ3n) is 1.17. The van der Waals surface area contributed by atoms with E-state index in [0.717, 1.165) is 6.42 Å². The maximum atomic E-state index is 8.40. The van der Waals surface area contributed by atoms with Gasteiger partial charge in [-0.3, -0.25) is 0 Å². The summed E-state index contributed by atoms with van der Waals surface area (Å²) in [6.45, 7) is 4.18. The zero-order chi connectivity index (χ0) is 8.69. The molecule has 0 aliphatic heterocycles. The molecule has 0 spiro atoms. The van der Waals surface area contributed by atoms with Crippen molar-refractivity contribution in [1.29, 1.82) is 10.5 Å². The minimum absolute atomic E-state index is 0.111. The van der Waals surface area contributed by atoms with Crippen LogP contribution in [0.4, 0.5) is 0 Å². The first-order chi connectivity index (χ1) is 5.20. The third kappa shape index (κ3) is 6.42. The third-order valence-corrected chi connectivity index (χ3v) is 4.11. The van der Waals surface area contributed by atoms with E-state index in [9.17, 15) is 0 Å². The van der Waals surface area contributed by atoms with E-state index in [4.69, 9.17) is 10.5 Å². The van der Waals surface area contributed by atoms with E-state index < -0.39 is 0 Å². The summed E-state index contributed by atoms with van der Waals surface area (Å²) in [4.78, 5) is 5.43. The van der Waals surface area contributed by atoms with E-state index in [-0.39, 0.29) is 29.9 Å². The van der Waals surface area contributed by atoms with Crippen molar-refractivity contribution in [2.24, 2.45) is 0 Å². The van der Waals surface area contributed by atoms with Crippen LogP contribution in [0.25, 0.3) is 0 Å². The Kier molecular flexibility index (Phi) is 6.72. The molecule has 0 fully saturated rings. The first kappa shape index (κ1) is 11.0. The molecule has 0 heterocycles. The van der Waals surface area contributed by atoms with Gasteiger partial charge in [0.15, 0.2) is 0 Å². The fourth-order valence-corrected chi connectivity index (χ4v) is 3.73. The first-order valence-corrected chi connectivity index (χ1v) is 6.99. The van der Waals surface area contributed by atoms with Gasteiger partial charge in [-0.1, -0.05) is 0 Å². The molecule has 0 amide bonds. The standard InChI is InChI=1S/C7H10N2Se2/c1-6(10-4-8)3-7(2)11-5-9/h6-7H,3H2,1-2H3/t6-,7+. The average molecular weight is 280 g/mol. The number of hydrogen-bond donors (Lipinski definition) is 0. The van der Waals surface area contributed by atoms with Gasteiger partial charge in [0.05, 0.1) is 0 Å². The summed E-state index contributed by atoms with van der Waals surface area (Å²) < 4.78 is 0. The van der Waals surface area contributed by atoms with Crippen molar-refractivity contribution < 1.29 is 0 Å². The first-order valence-electron chi connectivity index (χ1n) is 3.30. The Balaban J connectivity index is 3.51. The van der Waals surface area contributed by atoms with Gasteiger partial charge in [-0.25, -0.2) is 0 Å². The van der Waals surface area contributed by atoms with Crippen LogP contribution in [0.1, 0.15) is 20.3 Å². The van der Waals surface area contributed by atoms with Crippen LogP contribution in [-0.2, 0) is 0 Å². The molecular formula is C7H10N2Se2. The van der Waals surface area contributed by atoms with E-state index in [1.807, 2.05) is 0 Å². The fourth-order valence-electron chi connectivity index (χ4n) is 0.744. The van der Waals surface area contributed by atoms with Gasteiger partial charge in [-0.05, 0) is 0 Å². The Bertz CT molecular complexity index is 160. The Labute approximate surface area is 80.3 Å². The number of hydrogen-bond acceptors (Lipinski definition) is 2. The average Bonchev–Trinajstić information content (AvgIpc) is 1.87. The molecule has 0 bridgehead atoms. The van der Waals surface area contributed by atoms with Crippen molar-refractivity contribution in [3.05, 3.63) is 0 Å². The minimum atomic E-state index is 0.111. The summed E-state index contributed by atoms with van der Waals surface area (Å²) in [6, 6.07) is 0. The number of nitriles is 2. The molecule has 0 radical (unpaired) electrons. The van der Waals surface area contributed by atoms with E-state index in [2.05, 4.69) is 23.8 Å².